The van der Waals surface area contributed by atoms with Crippen LogP contribution in [0.25, 0.3) is 5.65 Å². The van der Waals surface area contributed by atoms with E-state index < -0.39 is 17.8 Å². The molecule has 0 N–H and O–H groups in total. The molecular weight excluding hydrogens is 233 g/mol. The molecular formula is C10H7F3N4. The van der Waals surface area contributed by atoms with Crippen molar-refractivity contribution in [2.75, 3.05) is 0 Å². The molecule has 1 atom stereocenters. The maximum absolute atomic E-state index is 12.4. The van der Waals surface area contributed by atoms with Crippen LogP contribution in [0.3, 0.4) is 0 Å². The third-order valence-electron chi connectivity index (χ3n) is 2.32. The Morgan fingerprint density at radius 2 is 2.18 bits per heavy atom. The van der Waals surface area contributed by atoms with Crippen LogP contribution in [0.4, 0.5) is 13.2 Å². The minimum absolute atomic E-state index is 0.103. The van der Waals surface area contributed by atoms with E-state index in [2.05, 4.69) is 10.1 Å². The van der Waals surface area contributed by atoms with E-state index in [1.807, 2.05) is 6.07 Å². The standard InChI is InChI=1S/C10H7F3N4/c1-6(3-14)7-4-15-9-2-8(10(11,12)13)16-17(9)5-7/h2,4-6H,1H3. The number of aromatic nitrogens is 3. The molecule has 0 aliphatic rings. The van der Waals surface area contributed by atoms with Crippen LogP contribution in [0.5, 0.6) is 0 Å². The molecule has 0 bridgehead atoms. The summed E-state index contributed by atoms with van der Waals surface area (Å²) in [6.07, 6.45) is -1.73. The van der Waals surface area contributed by atoms with Gasteiger partial charge in [0.2, 0.25) is 0 Å². The van der Waals surface area contributed by atoms with Crippen molar-refractivity contribution in [1.29, 1.82) is 5.26 Å². The van der Waals surface area contributed by atoms with Gasteiger partial charge in [-0.1, -0.05) is 0 Å². The summed E-state index contributed by atoms with van der Waals surface area (Å²) in [6, 6.07) is 2.84. The molecule has 0 aliphatic carbocycles. The monoisotopic (exact) mass is 240 g/mol. The molecule has 7 heteroatoms. The Morgan fingerprint density at radius 1 is 1.47 bits per heavy atom. The second kappa shape index (κ2) is 3.73. The Morgan fingerprint density at radius 3 is 2.76 bits per heavy atom. The van der Waals surface area contributed by atoms with Gasteiger partial charge >= 0.3 is 6.18 Å². The highest BCUT2D eigenvalue weighted by molar-refractivity contribution is 5.41. The van der Waals surface area contributed by atoms with E-state index in [4.69, 9.17) is 5.26 Å². The molecule has 88 valence electrons. The Kier molecular flexibility index (Phi) is 2.50. The van der Waals surface area contributed by atoms with Crippen molar-refractivity contribution in [2.45, 2.75) is 19.0 Å². The topological polar surface area (TPSA) is 54.0 Å². The van der Waals surface area contributed by atoms with Gasteiger partial charge in [-0.2, -0.15) is 23.5 Å². The van der Waals surface area contributed by atoms with Gasteiger partial charge in [0.1, 0.15) is 0 Å². The third-order valence-corrected chi connectivity index (χ3v) is 2.32. The van der Waals surface area contributed by atoms with Crippen LogP contribution in [-0.2, 0) is 6.18 Å². The van der Waals surface area contributed by atoms with E-state index in [-0.39, 0.29) is 5.65 Å². The first-order valence-electron chi connectivity index (χ1n) is 4.74. The fourth-order valence-electron chi connectivity index (χ4n) is 1.33. The first-order valence-corrected chi connectivity index (χ1v) is 4.74. The molecule has 2 heterocycles. The van der Waals surface area contributed by atoms with Gasteiger partial charge in [0.25, 0.3) is 0 Å². The van der Waals surface area contributed by atoms with Crippen molar-refractivity contribution in [3.05, 3.63) is 29.7 Å². The molecule has 1 unspecified atom stereocenters. The Balaban J connectivity index is 2.53. The predicted octanol–water partition coefficient (Wildman–Crippen LogP) is 2.38. The van der Waals surface area contributed by atoms with Crippen LogP contribution in [-0.4, -0.2) is 14.6 Å². The molecule has 0 radical (unpaired) electrons. The maximum Gasteiger partial charge on any atom is 0.435 e. The van der Waals surface area contributed by atoms with Gasteiger partial charge in [-0.3, -0.25) is 0 Å². The molecule has 0 aromatic carbocycles. The van der Waals surface area contributed by atoms with Gasteiger partial charge < -0.3 is 0 Å². The van der Waals surface area contributed by atoms with Gasteiger partial charge in [0, 0.05) is 24.0 Å². The molecule has 0 saturated carbocycles. The molecule has 0 amide bonds. The van der Waals surface area contributed by atoms with Crippen molar-refractivity contribution in [1.82, 2.24) is 14.6 Å². The van der Waals surface area contributed by atoms with E-state index in [0.717, 1.165) is 10.6 Å². The molecule has 2 rings (SSSR count). The average Bonchev–Trinajstić information content (AvgIpc) is 2.70. The minimum atomic E-state index is -4.49. The molecule has 4 nitrogen and oxygen atoms in total. The predicted molar refractivity (Wildman–Crippen MR) is 52.0 cm³/mol. The lowest BCUT2D eigenvalue weighted by atomic mass is 10.1. The van der Waals surface area contributed by atoms with Gasteiger partial charge in [0.05, 0.1) is 12.0 Å². The van der Waals surface area contributed by atoms with E-state index in [1.54, 1.807) is 6.92 Å². The van der Waals surface area contributed by atoms with E-state index in [9.17, 15) is 13.2 Å². The summed E-state index contributed by atoms with van der Waals surface area (Å²) >= 11 is 0. The van der Waals surface area contributed by atoms with Gasteiger partial charge in [0.15, 0.2) is 11.3 Å². The molecule has 0 saturated heterocycles. The van der Waals surface area contributed by atoms with Crippen molar-refractivity contribution in [2.24, 2.45) is 0 Å². The van der Waals surface area contributed by atoms with Crippen LogP contribution in [0.2, 0.25) is 0 Å². The fourth-order valence-corrected chi connectivity index (χ4v) is 1.33. The summed E-state index contributed by atoms with van der Waals surface area (Å²) < 4.78 is 38.2. The summed E-state index contributed by atoms with van der Waals surface area (Å²) in [7, 11) is 0. The lowest BCUT2D eigenvalue weighted by Crippen LogP contribution is -2.06. The second-order valence-corrected chi connectivity index (χ2v) is 3.57. The summed E-state index contributed by atoms with van der Waals surface area (Å²) in [5.74, 6) is -0.439. The van der Waals surface area contributed by atoms with Crippen LogP contribution < -0.4 is 0 Å². The summed E-state index contributed by atoms with van der Waals surface area (Å²) in [5, 5.41) is 12.1. The zero-order chi connectivity index (χ0) is 12.6. The molecule has 2 aromatic rings. The highest BCUT2D eigenvalue weighted by Crippen LogP contribution is 2.28. The maximum atomic E-state index is 12.4. The largest absolute Gasteiger partial charge is 0.435 e. The smallest absolute Gasteiger partial charge is 0.237 e. The summed E-state index contributed by atoms with van der Waals surface area (Å²) in [4.78, 5) is 3.83. The number of hydrogen-bond acceptors (Lipinski definition) is 3. The Bertz CT molecular complexity index is 594. The number of halogens is 3. The number of nitrogens with zero attached hydrogens (tertiary/aromatic N) is 4. The highest BCUT2D eigenvalue weighted by atomic mass is 19.4. The van der Waals surface area contributed by atoms with Crippen LogP contribution in [0, 0.1) is 11.3 Å². The Hall–Kier alpha value is -2.10. The SMILES string of the molecule is CC(C#N)c1cnc2cc(C(F)(F)F)nn2c1. The normalized spacial score (nSPS) is 13.6. The summed E-state index contributed by atoms with van der Waals surface area (Å²) in [5.41, 5.74) is -0.366. The number of rotatable bonds is 1. The zero-order valence-corrected chi connectivity index (χ0v) is 8.73. The van der Waals surface area contributed by atoms with Gasteiger partial charge in [-0.15, -0.1) is 0 Å². The van der Waals surface area contributed by atoms with E-state index in [1.165, 1.54) is 12.4 Å². The quantitative estimate of drug-likeness (QED) is 0.768. The first kappa shape index (κ1) is 11.4. The van der Waals surface area contributed by atoms with Crippen LogP contribution in [0.1, 0.15) is 24.1 Å². The van der Waals surface area contributed by atoms with Crippen molar-refractivity contribution >= 4 is 5.65 Å². The molecule has 2 aromatic heterocycles. The van der Waals surface area contributed by atoms with Crippen molar-refractivity contribution in [3.63, 3.8) is 0 Å². The second-order valence-electron chi connectivity index (χ2n) is 3.57. The van der Waals surface area contributed by atoms with E-state index >= 15 is 0 Å². The fraction of sp³-hybridized carbons (Fsp3) is 0.300. The highest BCUT2D eigenvalue weighted by Gasteiger charge is 2.34. The molecule has 0 fully saturated rings. The lowest BCUT2D eigenvalue weighted by molar-refractivity contribution is -0.141. The van der Waals surface area contributed by atoms with Gasteiger partial charge in [-0.05, 0) is 6.92 Å². The zero-order valence-electron chi connectivity index (χ0n) is 8.73. The van der Waals surface area contributed by atoms with E-state index in [0.29, 0.717) is 5.56 Å². The number of fused-ring (bicyclic) bond motifs is 1. The van der Waals surface area contributed by atoms with Crippen LogP contribution in [0.15, 0.2) is 18.5 Å². The minimum Gasteiger partial charge on any atom is -0.237 e. The van der Waals surface area contributed by atoms with Crippen LogP contribution >= 0.6 is 0 Å². The summed E-state index contributed by atoms with van der Waals surface area (Å²) in [6.45, 7) is 1.64. The van der Waals surface area contributed by atoms with Crippen molar-refractivity contribution in [3.8, 4) is 6.07 Å². The number of hydrogen-bond donors (Lipinski definition) is 0. The molecule has 0 aliphatic heterocycles. The van der Waals surface area contributed by atoms with Gasteiger partial charge in [-0.25, -0.2) is 9.50 Å². The lowest BCUT2D eigenvalue weighted by Gasteiger charge is -2.01. The number of alkyl halides is 3. The molecule has 17 heavy (non-hydrogen) atoms. The number of nitriles is 1. The average molecular weight is 240 g/mol. The Labute approximate surface area is 94.3 Å². The molecule has 0 spiro atoms. The van der Waals surface area contributed by atoms with Crippen molar-refractivity contribution < 1.29 is 13.2 Å². The third kappa shape index (κ3) is 2.06. The first-order chi connectivity index (χ1) is 7.91.